The number of carbonyl (C=O) groups is 2. The third-order valence-electron chi connectivity index (χ3n) is 4.41. The molecule has 0 saturated heterocycles. The quantitative estimate of drug-likeness (QED) is 0.391. The number of nitrogens with zero attached hydrogens (tertiary/aromatic N) is 3. The molecule has 1 unspecified atom stereocenters. The van der Waals surface area contributed by atoms with Gasteiger partial charge < -0.3 is 10.1 Å². The number of ether oxygens (including phenoxy) is 1. The maximum Gasteiger partial charge on any atom is 0.417 e. The Hall–Kier alpha value is -2.76. The number of rotatable bonds is 7. The van der Waals surface area contributed by atoms with E-state index in [1.807, 2.05) is 0 Å². The number of aromatic nitrogens is 3. The first-order chi connectivity index (χ1) is 15.5. The van der Waals surface area contributed by atoms with E-state index in [1.54, 1.807) is 6.92 Å². The fraction of sp³-hybridized carbons (Fsp3) is 0.250. The predicted molar refractivity (Wildman–Crippen MR) is 117 cm³/mol. The Bertz CT molecular complexity index is 1200. The highest BCUT2D eigenvalue weighted by molar-refractivity contribution is 7.13. The minimum absolute atomic E-state index is 0.000582. The first kappa shape index (κ1) is 24.9. The van der Waals surface area contributed by atoms with Crippen molar-refractivity contribution in [3.8, 4) is 5.88 Å². The topological polar surface area (TPSA) is 94.1 Å². The van der Waals surface area contributed by atoms with Crippen LogP contribution in [-0.4, -0.2) is 33.8 Å². The molecule has 1 atom stereocenters. The molecule has 0 saturated carbocycles. The van der Waals surface area contributed by atoms with Crippen LogP contribution in [0.2, 0.25) is 10.0 Å². The summed E-state index contributed by atoms with van der Waals surface area (Å²) in [6, 6.07) is 3.07. The molecule has 0 fully saturated rings. The summed E-state index contributed by atoms with van der Waals surface area (Å²) in [6.07, 6.45) is -2.21. The van der Waals surface area contributed by atoms with Crippen LogP contribution in [0.3, 0.4) is 0 Å². The van der Waals surface area contributed by atoms with Gasteiger partial charge >= 0.3 is 6.18 Å². The lowest BCUT2D eigenvalue weighted by molar-refractivity contribution is -0.137. The summed E-state index contributed by atoms with van der Waals surface area (Å²) in [5, 5.41) is 2.40. The molecule has 3 aromatic rings. The molecule has 0 radical (unpaired) electrons. The number of anilines is 1. The minimum atomic E-state index is -4.66. The largest absolute Gasteiger partial charge is 0.480 e. The molecule has 0 bridgehead atoms. The van der Waals surface area contributed by atoms with Crippen LogP contribution >= 0.6 is 34.5 Å². The number of carbonyl (C=O) groups excluding carboxylic acids is 2. The molecule has 13 heteroatoms. The Morgan fingerprint density at radius 1 is 1.21 bits per heavy atom. The van der Waals surface area contributed by atoms with Crippen LogP contribution in [-0.2, 0) is 6.18 Å². The molecule has 0 spiro atoms. The summed E-state index contributed by atoms with van der Waals surface area (Å²) >= 11 is 12.7. The molecule has 1 aromatic carbocycles. The summed E-state index contributed by atoms with van der Waals surface area (Å²) in [4.78, 5) is 37.1. The van der Waals surface area contributed by atoms with Crippen molar-refractivity contribution in [2.75, 3.05) is 12.4 Å². The molecule has 174 valence electrons. The van der Waals surface area contributed by atoms with E-state index in [1.165, 1.54) is 19.4 Å². The van der Waals surface area contributed by atoms with Gasteiger partial charge in [-0.2, -0.15) is 13.2 Å². The monoisotopic (exact) mass is 518 g/mol. The van der Waals surface area contributed by atoms with Crippen LogP contribution in [0.5, 0.6) is 5.88 Å². The van der Waals surface area contributed by atoms with Crippen molar-refractivity contribution in [1.29, 1.82) is 0 Å². The number of hydrogen-bond acceptors (Lipinski definition) is 7. The summed E-state index contributed by atoms with van der Waals surface area (Å²) < 4.78 is 44.0. The number of hydrogen-bond donors (Lipinski definition) is 1. The number of thiazole rings is 1. The standard InChI is InChI=1S/C20H15Cl2F3N4O3S/c1-9(5-13(30)16-15(22)18(32-2)28-8-27-16)19-26-7-14(33-19)17(31)29-10-3-4-12(21)11(6-10)20(23,24)25/h3-4,6-9H,5H2,1-2H3,(H,29,31). The first-order valence-corrected chi connectivity index (χ1v) is 10.8. The predicted octanol–water partition coefficient (Wildman–Crippen LogP) is 5.90. The van der Waals surface area contributed by atoms with Crippen LogP contribution in [0.4, 0.5) is 18.9 Å². The van der Waals surface area contributed by atoms with E-state index in [4.69, 9.17) is 27.9 Å². The molecular weight excluding hydrogens is 504 g/mol. The normalized spacial score (nSPS) is 12.3. The highest BCUT2D eigenvalue weighted by atomic mass is 35.5. The van der Waals surface area contributed by atoms with Gasteiger partial charge in [0.1, 0.15) is 21.9 Å². The van der Waals surface area contributed by atoms with Crippen molar-refractivity contribution >= 4 is 51.9 Å². The number of ketones is 1. The third kappa shape index (κ3) is 5.79. The second-order valence-corrected chi connectivity index (χ2v) is 8.63. The van der Waals surface area contributed by atoms with E-state index in [2.05, 4.69) is 20.3 Å². The van der Waals surface area contributed by atoms with Gasteiger partial charge in [-0.3, -0.25) is 9.59 Å². The molecule has 3 rings (SSSR count). The highest BCUT2D eigenvalue weighted by Crippen LogP contribution is 2.36. The van der Waals surface area contributed by atoms with E-state index < -0.39 is 22.7 Å². The molecule has 1 N–H and O–H groups in total. The Kier molecular flexibility index (Phi) is 7.55. The Labute approximate surface area is 199 Å². The van der Waals surface area contributed by atoms with Crippen LogP contribution < -0.4 is 10.1 Å². The third-order valence-corrected chi connectivity index (χ3v) is 6.30. The lowest BCUT2D eigenvalue weighted by atomic mass is 10.0. The average molecular weight is 519 g/mol. The average Bonchev–Trinajstić information content (AvgIpc) is 3.25. The maximum atomic E-state index is 13.0. The molecule has 33 heavy (non-hydrogen) atoms. The van der Waals surface area contributed by atoms with Gasteiger partial charge in [-0.15, -0.1) is 11.3 Å². The fourth-order valence-electron chi connectivity index (χ4n) is 2.79. The number of halogens is 5. The summed E-state index contributed by atoms with van der Waals surface area (Å²) in [7, 11) is 1.36. The zero-order valence-electron chi connectivity index (χ0n) is 17.0. The van der Waals surface area contributed by atoms with Crippen molar-refractivity contribution in [3.05, 3.63) is 61.9 Å². The van der Waals surface area contributed by atoms with Crippen molar-refractivity contribution in [2.24, 2.45) is 0 Å². The fourth-order valence-corrected chi connectivity index (χ4v) is 4.16. The smallest absolute Gasteiger partial charge is 0.417 e. The van der Waals surface area contributed by atoms with E-state index in [0.29, 0.717) is 5.01 Å². The second-order valence-electron chi connectivity index (χ2n) is 6.78. The van der Waals surface area contributed by atoms with Crippen molar-refractivity contribution < 1.29 is 27.5 Å². The van der Waals surface area contributed by atoms with Gasteiger partial charge in [0.05, 0.1) is 28.9 Å². The highest BCUT2D eigenvalue weighted by Gasteiger charge is 2.33. The molecule has 0 aliphatic carbocycles. The summed E-state index contributed by atoms with van der Waals surface area (Å²) in [6.45, 7) is 1.74. The first-order valence-electron chi connectivity index (χ1n) is 9.22. The van der Waals surface area contributed by atoms with Gasteiger partial charge in [0, 0.05) is 18.0 Å². The molecule has 2 heterocycles. The maximum absolute atomic E-state index is 13.0. The van der Waals surface area contributed by atoms with E-state index in [0.717, 1.165) is 29.8 Å². The molecule has 1 amide bonds. The van der Waals surface area contributed by atoms with Crippen molar-refractivity contribution in [3.63, 3.8) is 0 Å². The van der Waals surface area contributed by atoms with Crippen LogP contribution in [0.25, 0.3) is 0 Å². The van der Waals surface area contributed by atoms with Gasteiger partial charge in [0.15, 0.2) is 5.78 Å². The van der Waals surface area contributed by atoms with E-state index in [9.17, 15) is 22.8 Å². The van der Waals surface area contributed by atoms with Crippen LogP contribution in [0.15, 0.2) is 30.7 Å². The summed E-state index contributed by atoms with van der Waals surface area (Å²) in [5.41, 5.74) is -1.12. The number of amides is 1. The van der Waals surface area contributed by atoms with Crippen LogP contribution in [0.1, 0.15) is 50.0 Å². The van der Waals surface area contributed by atoms with E-state index >= 15 is 0 Å². The second kappa shape index (κ2) is 10.0. The van der Waals surface area contributed by atoms with Gasteiger partial charge in [0.2, 0.25) is 5.88 Å². The lowest BCUT2D eigenvalue weighted by Crippen LogP contribution is -2.12. The van der Waals surface area contributed by atoms with Crippen molar-refractivity contribution in [2.45, 2.75) is 25.4 Å². The Balaban J connectivity index is 1.70. The molecular formula is C20H15Cl2F3N4O3S. The molecule has 7 nitrogen and oxygen atoms in total. The van der Waals surface area contributed by atoms with Crippen LogP contribution in [0, 0.1) is 0 Å². The van der Waals surface area contributed by atoms with Gasteiger partial charge in [-0.25, -0.2) is 15.0 Å². The number of methoxy groups -OCH3 is 1. The van der Waals surface area contributed by atoms with Gasteiger partial charge in [-0.1, -0.05) is 30.1 Å². The number of nitrogens with one attached hydrogen (secondary N) is 1. The van der Waals surface area contributed by atoms with Crippen molar-refractivity contribution in [1.82, 2.24) is 15.0 Å². The van der Waals surface area contributed by atoms with E-state index in [-0.39, 0.29) is 45.3 Å². The van der Waals surface area contributed by atoms with Gasteiger partial charge in [-0.05, 0) is 18.2 Å². The summed E-state index contributed by atoms with van der Waals surface area (Å²) in [5.74, 6) is -1.31. The Morgan fingerprint density at radius 3 is 2.61 bits per heavy atom. The lowest BCUT2D eigenvalue weighted by Gasteiger charge is -2.11. The number of benzene rings is 1. The Morgan fingerprint density at radius 2 is 1.94 bits per heavy atom. The minimum Gasteiger partial charge on any atom is -0.480 e. The molecule has 0 aliphatic heterocycles. The van der Waals surface area contributed by atoms with Gasteiger partial charge in [0.25, 0.3) is 5.91 Å². The number of Topliss-reactive ketones (excluding diaryl/α,β-unsaturated/α-hetero) is 1. The molecule has 2 aromatic heterocycles. The SMILES string of the molecule is COc1ncnc(C(=O)CC(C)c2ncc(C(=O)Nc3ccc(Cl)c(C(F)(F)F)c3)s2)c1Cl. The zero-order chi connectivity index (χ0) is 24.3. The number of alkyl halides is 3. The zero-order valence-corrected chi connectivity index (χ0v) is 19.4. The molecule has 0 aliphatic rings.